The van der Waals surface area contributed by atoms with Gasteiger partial charge in [0.25, 0.3) is 5.91 Å². The molecular formula is C14H14N3O5S-. The van der Waals surface area contributed by atoms with Crippen LogP contribution in [0.4, 0.5) is 5.69 Å². The third-order valence-electron chi connectivity index (χ3n) is 2.70. The molecule has 122 valence electrons. The van der Waals surface area contributed by atoms with Gasteiger partial charge in [-0.1, -0.05) is 12.1 Å². The van der Waals surface area contributed by atoms with E-state index in [2.05, 4.69) is 15.8 Å². The summed E-state index contributed by atoms with van der Waals surface area (Å²) >= 11 is 0. The second-order valence-corrected chi connectivity index (χ2v) is 5.94. The van der Waals surface area contributed by atoms with E-state index in [1.54, 1.807) is 0 Å². The highest BCUT2D eigenvalue weighted by Crippen LogP contribution is 2.11. The molecule has 1 aromatic carbocycles. The lowest BCUT2D eigenvalue weighted by Crippen LogP contribution is -2.25. The lowest BCUT2D eigenvalue weighted by Gasteiger charge is -2.05. The Balaban J connectivity index is 1.83. The smallest absolute Gasteiger partial charge is 0.259 e. The van der Waals surface area contributed by atoms with Crippen molar-refractivity contribution in [2.75, 3.05) is 11.9 Å². The predicted octanol–water partition coefficient (Wildman–Crippen LogP) is 1.05. The number of carbonyl (C=O) groups is 1. The van der Waals surface area contributed by atoms with Crippen molar-refractivity contribution in [2.24, 2.45) is 5.10 Å². The average molecular weight is 336 g/mol. The van der Waals surface area contributed by atoms with Gasteiger partial charge in [-0.2, -0.15) is 5.10 Å². The molecule has 1 amide bonds. The molecule has 0 atom stereocenters. The maximum absolute atomic E-state index is 11.6. The van der Waals surface area contributed by atoms with Gasteiger partial charge in [-0.05, 0) is 36.8 Å². The normalized spacial score (nSPS) is 11.6. The Morgan fingerprint density at radius 2 is 2.13 bits per heavy atom. The van der Waals surface area contributed by atoms with Crippen LogP contribution in [0.2, 0.25) is 0 Å². The van der Waals surface area contributed by atoms with E-state index in [1.807, 2.05) is 31.2 Å². The molecule has 0 saturated heterocycles. The number of hydrazone groups is 1. The lowest BCUT2D eigenvalue weighted by molar-refractivity contribution is -0.119. The summed E-state index contributed by atoms with van der Waals surface area (Å²) in [5, 5.41) is 5.84. The van der Waals surface area contributed by atoms with Gasteiger partial charge in [-0.3, -0.25) is 4.79 Å². The molecule has 0 unspecified atom stereocenters. The molecule has 23 heavy (non-hydrogen) atoms. The van der Waals surface area contributed by atoms with E-state index >= 15 is 0 Å². The summed E-state index contributed by atoms with van der Waals surface area (Å²) in [6.07, 6.45) is 1.10. The first-order valence-corrected chi connectivity index (χ1v) is 7.93. The summed E-state index contributed by atoms with van der Waals surface area (Å²) < 4.78 is 36.9. The fourth-order valence-electron chi connectivity index (χ4n) is 1.68. The van der Waals surface area contributed by atoms with Crippen molar-refractivity contribution in [1.29, 1.82) is 0 Å². The van der Waals surface area contributed by atoms with Crippen molar-refractivity contribution in [1.82, 2.24) is 5.43 Å². The number of amides is 1. The zero-order valence-electron chi connectivity index (χ0n) is 12.1. The van der Waals surface area contributed by atoms with E-state index in [-0.39, 0.29) is 12.3 Å². The third-order valence-corrected chi connectivity index (χ3v) is 3.41. The van der Waals surface area contributed by atoms with E-state index in [1.165, 1.54) is 6.07 Å². The number of anilines is 1. The van der Waals surface area contributed by atoms with Gasteiger partial charge in [0, 0.05) is 5.69 Å². The molecule has 2 rings (SSSR count). The van der Waals surface area contributed by atoms with Crippen LogP contribution in [0.15, 0.2) is 51.0 Å². The fraction of sp³-hybridized carbons (Fsp3) is 0.143. The van der Waals surface area contributed by atoms with Crippen LogP contribution in [0.3, 0.4) is 0 Å². The van der Waals surface area contributed by atoms with Crippen LogP contribution >= 0.6 is 0 Å². The molecule has 1 heterocycles. The number of hydrogen-bond acceptors (Lipinski definition) is 7. The minimum atomic E-state index is -4.64. The highest BCUT2D eigenvalue weighted by molar-refractivity contribution is 7.85. The van der Waals surface area contributed by atoms with E-state index in [0.717, 1.165) is 23.5 Å². The number of rotatable bonds is 6. The maximum atomic E-state index is 11.6. The Morgan fingerprint density at radius 1 is 1.35 bits per heavy atom. The Morgan fingerprint density at radius 3 is 2.78 bits per heavy atom. The molecule has 0 spiro atoms. The summed E-state index contributed by atoms with van der Waals surface area (Å²) in [6.45, 7) is 1.95. The van der Waals surface area contributed by atoms with Crippen molar-refractivity contribution < 1.29 is 22.2 Å². The minimum absolute atomic E-state index is 0.0130. The molecule has 1 aromatic heterocycles. The van der Waals surface area contributed by atoms with Crippen LogP contribution in [-0.2, 0) is 14.9 Å². The zero-order valence-corrected chi connectivity index (χ0v) is 13.0. The molecule has 2 N–H and O–H groups in total. The first-order valence-electron chi connectivity index (χ1n) is 6.53. The first-order chi connectivity index (χ1) is 10.8. The molecule has 0 radical (unpaired) electrons. The summed E-state index contributed by atoms with van der Waals surface area (Å²) in [6, 6.07) is 9.80. The van der Waals surface area contributed by atoms with Crippen molar-refractivity contribution in [3.8, 4) is 0 Å². The van der Waals surface area contributed by atoms with Gasteiger partial charge in [-0.15, -0.1) is 0 Å². The summed E-state index contributed by atoms with van der Waals surface area (Å²) in [5.41, 5.74) is 4.12. The number of nitrogens with zero attached hydrogens (tertiary/aromatic N) is 1. The maximum Gasteiger partial charge on any atom is 0.259 e. The number of hydrogen-bond donors (Lipinski definition) is 2. The Hall–Kier alpha value is -2.65. The van der Waals surface area contributed by atoms with Crippen LogP contribution in [-0.4, -0.2) is 31.6 Å². The van der Waals surface area contributed by atoms with Gasteiger partial charge in [0.1, 0.15) is 5.76 Å². The zero-order chi connectivity index (χ0) is 16.9. The van der Waals surface area contributed by atoms with Crippen LogP contribution in [0.5, 0.6) is 0 Å². The van der Waals surface area contributed by atoms with Crippen LogP contribution in [0.25, 0.3) is 0 Å². The molecule has 0 bridgehead atoms. The number of benzene rings is 1. The fourth-order valence-corrected chi connectivity index (χ4v) is 2.12. The predicted molar refractivity (Wildman–Crippen MR) is 82.1 cm³/mol. The molecule has 0 saturated carbocycles. The number of nitrogens with one attached hydrogen (secondary N) is 2. The number of aryl methyl sites for hydroxylation is 1. The van der Waals surface area contributed by atoms with Crippen molar-refractivity contribution in [3.63, 3.8) is 0 Å². The largest absolute Gasteiger partial charge is 0.742 e. The number of furan rings is 1. The second-order valence-electron chi connectivity index (χ2n) is 4.63. The molecule has 0 aliphatic heterocycles. The van der Waals surface area contributed by atoms with E-state index in [0.29, 0.717) is 0 Å². The highest BCUT2D eigenvalue weighted by atomic mass is 32.2. The van der Waals surface area contributed by atoms with E-state index in [4.69, 9.17) is 4.42 Å². The Bertz CT molecular complexity index is 826. The number of carbonyl (C=O) groups excluding carboxylic acids is 1. The monoisotopic (exact) mass is 336 g/mol. The summed E-state index contributed by atoms with van der Waals surface area (Å²) in [4.78, 5) is 11.6. The molecule has 9 heteroatoms. The van der Waals surface area contributed by atoms with Crippen molar-refractivity contribution >= 4 is 27.9 Å². The molecule has 8 nitrogen and oxygen atoms in total. The Kier molecular flexibility index (Phi) is 5.14. The highest BCUT2D eigenvalue weighted by Gasteiger charge is 2.06. The summed E-state index contributed by atoms with van der Waals surface area (Å²) in [7, 11) is -4.64. The lowest BCUT2D eigenvalue weighted by atomic mass is 10.2. The molecule has 2 aromatic rings. The topological polar surface area (TPSA) is 124 Å². The van der Waals surface area contributed by atoms with Gasteiger partial charge in [0.2, 0.25) is 5.09 Å². The van der Waals surface area contributed by atoms with Gasteiger partial charge >= 0.3 is 0 Å². The van der Waals surface area contributed by atoms with Gasteiger partial charge in [-0.25, -0.2) is 13.8 Å². The van der Waals surface area contributed by atoms with Gasteiger partial charge in [0.05, 0.1) is 12.8 Å². The summed E-state index contributed by atoms with van der Waals surface area (Å²) in [5.74, 6) is -0.364. The average Bonchev–Trinajstić information content (AvgIpc) is 2.94. The van der Waals surface area contributed by atoms with Gasteiger partial charge < -0.3 is 14.3 Å². The van der Waals surface area contributed by atoms with Crippen LogP contribution < -0.4 is 10.7 Å². The molecular weight excluding hydrogens is 322 g/mol. The van der Waals surface area contributed by atoms with Gasteiger partial charge in [0.15, 0.2) is 10.1 Å². The SMILES string of the molecule is Cc1cccc(NCC(=O)N/N=C/c2ccc(S(=O)(=O)[O-])o2)c1. The second kappa shape index (κ2) is 7.07. The minimum Gasteiger partial charge on any atom is -0.742 e. The third kappa shape index (κ3) is 5.24. The standard InChI is InChI=1S/C14H15N3O5S/c1-10-3-2-4-11(7-10)15-9-13(18)17-16-8-12-5-6-14(22-12)23(19,20)21/h2-8,15H,9H2,1H3,(H,17,18)(H,19,20,21)/p-1/b16-8+. The molecule has 0 fully saturated rings. The molecule has 0 aliphatic carbocycles. The van der Waals surface area contributed by atoms with Crippen LogP contribution in [0, 0.1) is 6.92 Å². The molecule has 0 aliphatic rings. The Labute approximate surface area is 132 Å². The van der Waals surface area contributed by atoms with Crippen molar-refractivity contribution in [3.05, 3.63) is 47.7 Å². The quantitative estimate of drug-likeness (QED) is 0.462. The first kappa shape index (κ1) is 16.7. The van der Waals surface area contributed by atoms with E-state index in [9.17, 15) is 17.8 Å². The van der Waals surface area contributed by atoms with Crippen molar-refractivity contribution in [2.45, 2.75) is 12.0 Å². The van der Waals surface area contributed by atoms with E-state index < -0.39 is 21.1 Å². The van der Waals surface area contributed by atoms with Crippen LogP contribution in [0.1, 0.15) is 11.3 Å².